The van der Waals surface area contributed by atoms with Gasteiger partial charge < -0.3 is 9.84 Å². The van der Waals surface area contributed by atoms with E-state index in [1.54, 1.807) is 25.1 Å². The number of nitro groups is 1. The average Bonchev–Trinajstić information content (AvgIpc) is 3.11. The van der Waals surface area contributed by atoms with Crippen molar-refractivity contribution in [2.24, 2.45) is 0 Å². The van der Waals surface area contributed by atoms with Crippen LogP contribution in [0.4, 0.5) is 11.4 Å². The number of pyridine rings is 1. The van der Waals surface area contributed by atoms with Gasteiger partial charge in [0, 0.05) is 23.4 Å². The number of nitro benzene ring substituents is 1. The monoisotopic (exact) mass is 402 g/mol. The lowest BCUT2D eigenvalue weighted by Crippen LogP contribution is -2.14. The minimum Gasteiger partial charge on any atom is -0.335 e. The summed E-state index contributed by atoms with van der Waals surface area (Å²) in [6.45, 7) is 5.64. The number of carbonyl (C=O) groups excluding carboxylic acids is 1. The highest BCUT2D eigenvalue weighted by atomic mass is 16.6. The van der Waals surface area contributed by atoms with E-state index in [9.17, 15) is 14.9 Å². The maximum Gasteiger partial charge on any atom is 0.270 e. The topological polar surface area (TPSA) is 111 Å². The van der Waals surface area contributed by atoms with Gasteiger partial charge in [-0.3, -0.25) is 14.9 Å². The molecule has 0 saturated carbocycles. The van der Waals surface area contributed by atoms with E-state index in [1.807, 2.05) is 32.0 Å². The van der Waals surface area contributed by atoms with Crippen LogP contribution < -0.4 is 5.32 Å². The molecule has 0 spiro atoms. The van der Waals surface area contributed by atoms with E-state index in [2.05, 4.69) is 15.5 Å². The lowest BCUT2D eigenvalue weighted by atomic mass is 10.0. The molecule has 0 atom stereocenters. The molecule has 0 fully saturated rings. The van der Waals surface area contributed by atoms with Gasteiger partial charge in [0.25, 0.3) is 17.3 Å². The number of carbonyl (C=O) groups is 1. The Morgan fingerprint density at radius 1 is 1.10 bits per heavy atom. The van der Waals surface area contributed by atoms with Crippen molar-refractivity contribution in [3.8, 4) is 11.3 Å². The highest BCUT2D eigenvalue weighted by Crippen LogP contribution is 2.29. The van der Waals surface area contributed by atoms with Crippen LogP contribution in [0.1, 0.15) is 27.2 Å². The van der Waals surface area contributed by atoms with Crippen LogP contribution >= 0.6 is 0 Å². The number of non-ortho nitro benzene ring substituents is 1. The summed E-state index contributed by atoms with van der Waals surface area (Å²) in [5, 5.41) is 18.5. The van der Waals surface area contributed by atoms with E-state index in [0.29, 0.717) is 33.6 Å². The molecule has 0 unspecified atom stereocenters. The minimum atomic E-state index is -0.477. The molecule has 0 aliphatic heterocycles. The van der Waals surface area contributed by atoms with Gasteiger partial charge >= 0.3 is 0 Å². The standard InChI is InChI=1S/C22H18N4O4/c1-12-6-4-9-18(13(12)2)23-21(27)17-11-19(24-22-20(17)14(3)25-30-22)15-7-5-8-16(10-15)26(28)29/h4-11H,1-3H3,(H,23,27). The Bertz CT molecular complexity index is 1310. The van der Waals surface area contributed by atoms with Crippen LogP contribution in [0, 0.1) is 30.9 Å². The zero-order chi connectivity index (χ0) is 21.4. The Kier molecular flexibility index (Phi) is 4.75. The molecule has 30 heavy (non-hydrogen) atoms. The molecule has 4 aromatic rings. The number of anilines is 1. The molecule has 0 saturated heterocycles. The summed E-state index contributed by atoms with van der Waals surface area (Å²) in [4.78, 5) is 28.3. The first kappa shape index (κ1) is 19.3. The Morgan fingerprint density at radius 2 is 1.87 bits per heavy atom. The summed E-state index contributed by atoms with van der Waals surface area (Å²) >= 11 is 0. The third kappa shape index (κ3) is 3.39. The number of hydrogen-bond acceptors (Lipinski definition) is 6. The maximum atomic E-state index is 13.2. The predicted molar refractivity (Wildman–Crippen MR) is 113 cm³/mol. The molecule has 0 aliphatic rings. The number of nitrogens with one attached hydrogen (secondary N) is 1. The quantitative estimate of drug-likeness (QED) is 0.381. The second-order valence-electron chi connectivity index (χ2n) is 7.01. The SMILES string of the molecule is Cc1cccc(NC(=O)c2cc(-c3cccc([N+](=O)[O-])c3)nc3onc(C)c23)c1C. The highest BCUT2D eigenvalue weighted by Gasteiger charge is 2.21. The van der Waals surface area contributed by atoms with Gasteiger partial charge in [-0.1, -0.05) is 29.4 Å². The van der Waals surface area contributed by atoms with Crippen molar-refractivity contribution in [3.63, 3.8) is 0 Å². The van der Waals surface area contributed by atoms with E-state index in [-0.39, 0.29) is 17.3 Å². The van der Waals surface area contributed by atoms with Crippen molar-refractivity contribution in [3.05, 3.63) is 81.0 Å². The van der Waals surface area contributed by atoms with Crippen molar-refractivity contribution >= 4 is 28.4 Å². The average molecular weight is 402 g/mol. The lowest BCUT2D eigenvalue weighted by Gasteiger charge is -2.11. The smallest absolute Gasteiger partial charge is 0.270 e. The second kappa shape index (κ2) is 7.40. The summed E-state index contributed by atoms with van der Waals surface area (Å²) in [6.07, 6.45) is 0. The van der Waals surface area contributed by atoms with Crippen LogP contribution in [0.2, 0.25) is 0 Å². The summed E-state index contributed by atoms with van der Waals surface area (Å²) in [6, 6.07) is 13.3. The Labute approximate surface area is 171 Å². The Balaban J connectivity index is 1.83. The first-order valence-corrected chi connectivity index (χ1v) is 9.24. The summed E-state index contributed by atoms with van der Waals surface area (Å²) in [7, 11) is 0. The number of benzene rings is 2. The number of aromatic nitrogens is 2. The van der Waals surface area contributed by atoms with Gasteiger partial charge in [-0.25, -0.2) is 4.98 Å². The third-order valence-electron chi connectivity index (χ3n) is 5.07. The van der Waals surface area contributed by atoms with Gasteiger partial charge in [-0.05, 0) is 44.0 Å². The van der Waals surface area contributed by atoms with Crippen molar-refractivity contribution in [1.29, 1.82) is 0 Å². The summed E-state index contributed by atoms with van der Waals surface area (Å²) in [5.41, 5.74) is 4.62. The zero-order valence-electron chi connectivity index (χ0n) is 16.6. The van der Waals surface area contributed by atoms with Gasteiger partial charge in [0.15, 0.2) is 0 Å². The number of rotatable bonds is 4. The zero-order valence-corrected chi connectivity index (χ0v) is 16.6. The fourth-order valence-electron chi connectivity index (χ4n) is 3.28. The Morgan fingerprint density at radius 3 is 2.63 bits per heavy atom. The lowest BCUT2D eigenvalue weighted by molar-refractivity contribution is -0.384. The van der Waals surface area contributed by atoms with E-state index < -0.39 is 4.92 Å². The molecular formula is C22H18N4O4. The first-order chi connectivity index (χ1) is 14.3. The van der Waals surface area contributed by atoms with Crippen molar-refractivity contribution in [2.45, 2.75) is 20.8 Å². The first-order valence-electron chi connectivity index (χ1n) is 9.24. The molecule has 4 rings (SSSR count). The van der Waals surface area contributed by atoms with Crippen molar-refractivity contribution < 1.29 is 14.2 Å². The highest BCUT2D eigenvalue weighted by molar-refractivity contribution is 6.13. The number of fused-ring (bicyclic) bond motifs is 1. The predicted octanol–water partition coefficient (Wildman–Crippen LogP) is 4.98. The van der Waals surface area contributed by atoms with Gasteiger partial charge in [0.2, 0.25) is 0 Å². The summed E-state index contributed by atoms with van der Waals surface area (Å²) in [5.74, 6) is -0.339. The molecule has 2 heterocycles. The number of hydrogen-bond donors (Lipinski definition) is 1. The van der Waals surface area contributed by atoms with E-state index in [1.165, 1.54) is 12.1 Å². The van der Waals surface area contributed by atoms with Gasteiger partial charge in [-0.15, -0.1) is 0 Å². The van der Waals surface area contributed by atoms with Gasteiger partial charge in [0.1, 0.15) is 0 Å². The molecular weight excluding hydrogens is 384 g/mol. The fourth-order valence-corrected chi connectivity index (χ4v) is 3.28. The molecule has 2 aromatic heterocycles. The van der Waals surface area contributed by atoms with E-state index in [4.69, 9.17) is 4.52 Å². The van der Waals surface area contributed by atoms with Crippen LogP contribution in [0.25, 0.3) is 22.4 Å². The molecule has 0 radical (unpaired) electrons. The third-order valence-corrected chi connectivity index (χ3v) is 5.07. The molecule has 8 heteroatoms. The molecule has 0 aliphatic carbocycles. The number of amides is 1. The van der Waals surface area contributed by atoms with E-state index in [0.717, 1.165) is 11.1 Å². The van der Waals surface area contributed by atoms with Crippen LogP contribution in [-0.4, -0.2) is 21.0 Å². The van der Waals surface area contributed by atoms with Crippen LogP contribution in [0.3, 0.4) is 0 Å². The van der Waals surface area contributed by atoms with Crippen LogP contribution in [0.15, 0.2) is 53.1 Å². The van der Waals surface area contributed by atoms with Crippen LogP contribution in [0.5, 0.6) is 0 Å². The summed E-state index contributed by atoms with van der Waals surface area (Å²) < 4.78 is 5.30. The molecule has 2 aromatic carbocycles. The molecule has 0 bridgehead atoms. The van der Waals surface area contributed by atoms with Gasteiger partial charge in [0.05, 0.1) is 27.3 Å². The van der Waals surface area contributed by atoms with Crippen molar-refractivity contribution in [2.75, 3.05) is 5.32 Å². The van der Waals surface area contributed by atoms with Crippen LogP contribution in [-0.2, 0) is 0 Å². The van der Waals surface area contributed by atoms with E-state index >= 15 is 0 Å². The fraction of sp³-hybridized carbons (Fsp3) is 0.136. The second-order valence-corrected chi connectivity index (χ2v) is 7.01. The maximum absolute atomic E-state index is 13.2. The largest absolute Gasteiger partial charge is 0.335 e. The van der Waals surface area contributed by atoms with Crippen molar-refractivity contribution in [1.82, 2.24) is 10.1 Å². The molecule has 8 nitrogen and oxygen atoms in total. The van der Waals surface area contributed by atoms with Gasteiger partial charge in [-0.2, -0.15) is 0 Å². The Hall–Kier alpha value is -4.07. The molecule has 1 N–H and O–H groups in total. The molecule has 1 amide bonds. The molecule has 150 valence electrons. The minimum absolute atomic E-state index is 0.0652. The normalized spacial score (nSPS) is 10.9. The number of nitrogens with zero attached hydrogens (tertiary/aromatic N) is 3. The number of aryl methyl sites for hydroxylation is 2.